The Labute approximate surface area is 193 Å². The standard InChI is InChI=1S/C23H17Cl2NO4S/c1-12-10-13(24)5-7-16(12)26-20(18-4-3-9-31-18)19(22(28)23(26)29)21(27)15-11-14(25)6-8-17(15)30-2/h3-11,20,27H,1-2H3/b21-19-. The normalized spacial score (nSPS) is 17.9. The maximum Gasteiger partial charge on any atom is 0.300 e. The van der Waals surface area contributed by atoms with E-state index in [0.717, 1.165) is 10.4 Å². The highest BCUT2D eigenvalue weighted by Gasteiger charge is 2.48. The molecule has 158 valence electrons. The fourth-order valence-electron chi connectivity index (χ4n) is 3.70. The highest BCUT2D eigenvalue weighted by Crippen LogP contribution is 2.45. The number of benzene rings is 2. The van der Waals surface area contributed by atoms with Crippen molar-refractivity contribution < 1.29 is 19.4 Å². The van der Waals surface area contributed by atoms with Gasteiger partial charge in [-0.05, 0) is 60.3 Å². The molecule has 1 unspecified atom stereocenters. The Bertz CT molecular complexity index is 1220. The molecule has 2 aromatic carbocycles. The van der Waals surface area contributed by atoms with E-state index in [0.29, 0.717) is 21.5 Å². The number of amides is 1. The number of aryl methyl sites for hydroxylation is 1. The van der Waals surface area contributed by atoms with E-state index in [1.165, 1.54) is 29.4 Å². The number of halogens is 2. The quantitative estimate of drug-likeness (QED) is 0.286. The van der Waals surface area contributed by atoms with Crippen molar-refractivity contribution in [2.45, 2.75) is 13.0 Å². The third kappa shape index (κ3) is 3.71. The van der Waals surface area contributed by atoms with Crippen LogP contribution in [0, 0.1) is 6.92 Å². The lowest BCUT2D eigenvalue weighted by atomic mass is 9.99. The van der Waals surface area contributed by atoms with E-state index in [1.807, 2.05) is 24.4 Å². The van der Waals surface area contributed by atoms with E-state index in [1.54, 1.807) is 30.3 Å². The van der Waals surface area contributed by atoms with E-state index in [4.69, 9.17) is 27.9 Å². The summed E-state index contributed by atoms with van der Waals surface area (Å²) >= 11 is 13.6. The molecule has 4 rings (SSSR count). The maximum atomic E-state index is 13.2. The number of thiophene rings is 1. The first-order chi connectivity index (χ1) is 14.8. The van der Waals surface area contributed by atoms with Gasteiger partial charge in [0, 0.05) is 20.6 Å². The molecule has 1 aliphatic rings. The molecule has 1 aliphatic heterocycles. The maximum absolute atomic E-state index is 13.2. The molecule has 1 atom stereocenters. The molecule has 0 aliphatic carbocycles. The van der Waals surface area contributed by atoms with Crippen LogP contribution < -0.4 is 9.64 Å². The summed E-state index contributed by atoms with van der Waals surface area (Å²) in [5.41, 5.74) is 1.49. The number of carbonyl (C=O) groups is 2. The summed E-state index contributed by atoms with van der Waals surface area (Å²) in [6.45, 7) is 1.81. The summed E-state index contributed by atoms with van der Waals surface area (Å²) in [5, 5.41) is 13.9. The molecule has 1 amide bonds. The SMILES string of the molecule is COc1ccc(Cl)cc1/C(O)=C1/C(=O)C(=O)N(c2ccc(Cl)cc2C)C1c1cccs1. The highest BCUT2D eigenvalue weighted by atomic mass is 35.5. The third-order valence-corrected chi connectivity index (χ3v) is 6.49. The predicted octanol–water partition coefficient (Wildman–Crippen LogP) is 6.00. The molecule has 5 nitrogen and oxygen atoms in total. The lowest BCUT2D eigenvalue weighted by Gasteiger charge is -2.26. The Hall–Kier alpha value is -2.80. The molecule has 0 radical (unpaired) electrons. The van der Waals surface area contributed by atoms with Gasteiger partial charge in [0.05, 0.1) is 18.2 Å². The zero-order valence-electron chi connectivity index (χ0n) is 16.6. The molecule has 3 aromatic rings. The number of Topliss-reactive ketones (excluding diaryl/α,β-unsaturated/α-hetero) is 1. The lowest BCUT2D eigenvalue weighted by Crippen LogP contribution is -2.29. The molecule has 0 bridgehead atoms. The predicted molar refractivity (Wildman–Crippen MR) is 123 cm³/mol. The topological polar surface area (TPSA) is 66.8 Å². The van der Waals surface area contributed by atoms with Gasteiger partial charge in [-0.25, -0.2) is 0 Å². The molecule has 0 saturated carbocycles. The van der Waals surface area contributed by atoms with Crippen LogP contribution in [0.3, 0.4) is 0 Å². The number of hydrogen-bond donors (Lipinski definition) is 1. The first kappa shape index (κ1) is 21.4. The van der Waals surface area contributed by atoms with Gasteiger partial charge in [-0.1, -0.05) is 29.3 Å². The van der Waals surface area contributed by atoms with Crippen LogP contribution in [0.15, 0.2) is 59.5 Å². The van der Waals surface area contributed by atoms with Crippen LogP contribution in [0.25, 0.3) is 5.76 Å². The van der Waals surface area contributed by atoms with Gasteiger partial charge in [0.15, 0.2) is 0 Å². The summed E-state index contributed by atoms with van der Waals surface area (Å²) in [6, 6.07) is 12.6. The van der Waals surface area contributed by atoms with Gasteiger partial charge in [0.1, 0.15) is 17.6 Å². The monoisotopic (exact) mass is 473 g/mol. The van der Waals surface area contributed by atoms with Crippen molar-refractivity contribution in [2.75, 3.05) is 12.0 Å². The van der Waals surface area contributed by atoms with Crippen molar-refractivity contribution in [3.63, 3.8) is 0 Å². The zero-order valence-corrected chi connectivity index (χ0v) is 18.9. The van der Waals surface area contributed by atoms with Crippen LogP contribution in [-0.4, -0.2) is 23.9 Å². The smallest absolute Gasteiger partial charge is 0.300 e. The van der Waals surface area contributed by atoms with Crippen LogP contribution in [-0.2, 0) is 9.59 Å². The summed E-state index contributed by atoms with van der Waals surface area (Å²) in [4.78, 5) is 28.5. The second-order valence-electron chi connectivity index (χ2n) is 6.96. The summed E-state index contributed by atoms with van der Waals surface area (Å²) in [5.74, 6) is -1.52. The number of aliphatic hydroxyl groups excluding tert-OH is 1. The van der Waals surface area contributed by atoms with Crippen molar-refractivity contribution in [2.24, 2.45) is 0 Å². The molecular formula is C23H17Cl2NO4S. The van der Waals surface area contributed by atoms with Crippen LogP contribution in [0.1, 0.15) is 22.0 Å². The first-order valence-electron chi connectivity index (χ1n) is 9.28. The molecule has 8 heteroatoms. The van der Waals surface area contributed by atoms with Gasteiger partial charge < -0.3 is 9.84 Å². The van der Waals surface area contributed by atoms with Gasteiger partial charge in [-0.3, -0.25) is 14.5 Å². The van der Waals surface area contributed by atoms with E-state index < -0.39 is 17.7 Å². The van der Waals surface area contributed by atoms with Crippen LogP contribution >= 0.6 is 34.5 Å². The minimum Gasteiger partial charge on any atom is -0.507 e. The van der Waals surface area contributed by atoms with Gasteiger partial charge >= 0.3 is 0 Å². The fraction of sp³-hybridized carbons (Fsp3) is 0.130. The number of nitrogens with zero attached hydrogens (tertiary/aromatic N) is 1. The molecule has 1 saturated heterocycles. The number of ether oxygens (including phenoxy) is 1. The van der Waals surface area contributed by atoms with E-state index >= 15 is 0 Å². The van der Waals surface area contributed by atoms with Crippen molar-refractivity contribution in [3.8, 4) is 5.75 Å². The summed E-state index contributed by atoms with van der Waals surface area (Å²) < 4.78 is 5.34. The summed E-state index contributed by atoms with van der Waals surface area (Å²) in [7, 11) is 1.45. The third-order valence-electron chi connectivity index (χ3n) is 5.09. The molecular weight excluding hydrogens is 457 g/mol. The van der Waals surface area contributed by atoms with E-state index in [2.05, 4.69) is 0 Å². The molecule has 1 aromatic heterocycles. The molecule has 1 fully saturated rings. The Morgan fingerprint density at radius 1 is 1.10 bits per heavy atom. The average Bonchev–Trinajstić information content (AvgIpc) is 3.35. The fourth-order valence-corrected chi connectivity index (χ4v) is 4.92. The largest absolute Gasteiger partial charge is 0.507 e. The Morgan fingerprint density at radius 3 is 2.45 bits per heavy atom. The van der Waals surface area contributed by atoms with Gasteiger partial charge in [-0.2, -0.15) is 0 Å². The zero-order chi connectivity index (χ0) is 22.3. The number of aliphatic hydroxyl groups is 1. The molecule has 0 spiro atoms. The Morgan fingerprint density at radius 2 is 1.81 bits per heavy atom. The van der Waals surface area contributed by atoms with Crippen LogP contribution in [0.2, 0.25) is 10.0 Å². The Kier molecular flexibility index (Phi) is 5.79. The van der Waals surface area contributed by atoms with Crippen molar-refractivity contribution >= 4 is 57.7 Å². The van der Waals surface area contributed by atoms with Crippen LogP contribution in [0.4, 0.5) is 5.69 Å². The first-order valence-corrected chi connectivity index (χ1v) is 10.9. The van der Waals surface area contributed by atoms with Gasteiger partial charge in [-0.15, -0.1) is 11.3 Å². The van der Waals surface area contributed by atoms with E-state index in [-0.39, 0.29) is 16.9 Å². The second kappa shape index (κ2) is 8.38. The van der Waals surface area contributed by atoms with Gasteiger partial charge in [0.2, 0.25) is 0 Å². The van der Waals surface area contributed by atoms with Crippen molar-refractivity contribution in [1.82, 2.24) is 0 Å². The number of hydrogen-bond acceptors (Lipinski definition) is 5. The molecule has 2 heterocycles. The number of carbonyl (C=O) groups excluding carboxylic acids is 2. The molecule has 31 heavy (non-hydrogen) atoms. The van der Waals surface area contributed by atoms with Crippen molar-refractivity contribution in [1.29, 1.82) is 0 Å². The lowest BCUT2D eigenvalue weighted by molar-refractivity contribution is -0.132. The second-order valence-corrected chi connectivity index (χ2v) is 8.81. The van der Waals surface area contributed by atoms with Gasteiger partial charge in [0.25, 0.3) is 11.7 Å². The number of rotatable bonds is 4. The number of methoxy groups -OCH3 is 1. The minimum atomic E-state index is -0.802. The minimum absolute atomic E-state index is 0.0256. The highest BCUT2D eigenvalue weighted by molar-refractivity contribution is 7.10. The van der Waals surface area contributed by atoms with Crippen molar-refractivity contribution in [3.05, 3.63) is 85.5 Å². The number of anilines is 1. The average molecular weight is 474 g/mol. The Balaban J connectivity index is 1.98. The van der Waals surface area contributed by atoms with Crippen LogP contribution in [0.5, 0.6) is 5.75 Å². The number of ketones is 1. The van der Waals surface area contributed by atoms with E-state index in [9.17, 15) is 14.7 Å². The molecule has 1 N–H and O–H groups in total. The summed E-state index contributed by atoms with van der Waals surface area (Å²) in [6.07, 6.45) is 0.